The SMILES string of the molecule is CCCCCCCCCC(N)=O.CCCCCCCCCC(N)=O.CCCCCCCCCCCC(=O)O. The second-order valence-electron chi connectivity index (χ2n) is 10.6. The summed E-state index contributed by atoms with van der Waals surface area (Å²) in [5.74, 6) is -0.986. The van der Waals surface area contributed by atoms with Crippen molar-refractivity contribution in [2.24, 2.45) is 11.5 Å². The van der Waals surface area contributed by atoms with Gasteiger partial charge in [-0.05, 0) is 19.3 Å². The van der Waals surface area contributed by atoms with E-state index in [1.54, 1.807) is 0 Å². The van der Waals surface area contributed by atoms with Crippen LogP contribution in [0.3, 0.4) is 0 Å². The van der Waals surface area contributed by atoms with Crippen molar-refractivity contribution in [3.63, 3.8) is 0 Å². The highest BCUT2D eigenvalue weighted by atomic mass is 16.4. The molecule has 0 saturated carbocycles. The number of nitrogens with two attached hydrogens (primary N) is 2. The number of carboxylic acids is 1. The molecule has 0 saturated heterocycles. The van der Waals surface area contributed by atoms with Crippen molar-refractivity contribution < 1.29 is 19.5 Å². The minimum atomic E-state index is -0.659. The van der Waals surface area contributed by atoms with Crippen LogP contribution < -0.4 is 11.5 Å². The summed E-state index contributed by atoms with van der Waals surface area (Å²) < 4.78 is 0. The highest BCUT2D eigenvalue weighted by Crippen LogP contribution is 2.11. The number of primary amides is 2. The van der Waals surface area contributed by atoms with Gasteiger partial charge in [-0.25, -0.2) is 0 Å². The topological polar surface area (TPSA) is 123 Å². The molecule has 0 aliphatic rings. The molecule has 0 aliphatic heterocycles. The van der Waals surface area contributed by atoms with Crippen molar-refractivity contribution in [3.05, 3.63) is 0 Å². The number of unbranched alkanes of at least 4 members (excludes halogenated alkanes) is 20. The van der Waals surface area contributed by atoms with Gasteiger partial charge in [0, 0.05) is 19.3 Å². The largest absolute Gasteiger partial charge is 0.481 e. The predicted molar refractivity (Wildman–Crippen MR) is 163 cm³/mol. The van der Waals surface area contributed by atoms with Crippen LogP contribution in [0.25, 0.3) is 0 Å². The van der Waals surface area contributed by atoms with Crippen LogP contribution in [0, 0.1) is 0 Å². The minimum absolute atomic E-state index is 0.163. The molecule has 0 aromatic carbocycles. The Balaban J connectivity index is -0.000000486. The smallest absolute Gasteiger partial charge is 0.303 e. The lowest BCUT2D eigenvalue weighted by atomic mass is 10.1. The highest BCUT2D eigenvalue weighted by molar-refractivity contribution is 5.73. The van der Waals surface area contributed by atoms with Gasteiger partial charge in [0.1, 0.15) is 0 Å². The number of amides is 2. The van der Waals surface area contributed by atoms with E-state index in [4.69, 9.17) is 16.6 Å². The van der Waals surface area contributed by atoms with Crippen LogP contribution in [0.2, 0.25) is 0 Å². The van der Waals surface area contributed by atoms with Crippen molar-refractivity contribution in [2.75, 3.05) is 0 Å². The number of hydrogen-bond donors (Lipinski definition) is 3. The fourth-order valence-corrected chi connectivity index (χ4v) is 4.10. The Morgan fingerprint density at radius 2 is 0.605 bits per heavy atom. The molecule has 0 aromatic heterocycles. The maximum absolute atomic E-state index is 10.4. The van der Waals surface area contributed by atoms with Crippen LogP contribution in [0.5, 0.6) is 0 Å². The molecule has 6 nitrogen and oxygen atoms in total. The van der Waals surface area contributed by atoms with Gasteiger partial charge in [-0.2, -0.15) is 0 Å². The normalized spacial score (nSPS) is 10.2. The van der Waals surface area contributed by atoms with Gasteiger partial charge in [0.05, 0.1) is 0 Å². The molecule has 0 spiro atoms. The molecule has 0 heterocycles. The monoisotopic (exact) mass is 543 g/mol. The Kier molecular flexibility index (Phi) is 40.4. The first-order chi connectivity index (χ1) is 18.3. The van der Waals surface area contributed by atoms with Gasteiger partial charge in [0.25, 0.3) is 0 Å². The third kappa shape index (κ3) is 51.1. The lowest BCUT2D eigenvalue weighted by molar-refractivity contribution is -0.137. The second-order valence-corrected chi connectivity index (χ2v) is 10.6. The van der Waals surface area contributed by atoms with E-state index in [0.717, 1.165) is 38.5 Å². The van der Waals surface area contributed by atoms with E-state index < -0.39 is 5.97 Å². The second kappa shape index (κ2) is 37.6. The fourth-order valence-electron chi connectivity index (χ4n) is 4.10. The third-order valence-corrected chi connectivity index (χ3v) is 6.55. The fraction of sp³-hybridized carbons (Fsp3) is 0.906. The van der Waals surface area contributed by atoms with E-state index in [0.29, 0.717) is 19.3 Å². The number of rotatable bonds is 26. The Hall–Kier alpha value is -1.59. The van der Waals surface area contributed by atoms with E-state index in [1.165, 1.54) is 109 Å². The average molecular weight is 543 g/mol. The summed E-state index contributed by atoms with van der Waals surface area (Å²) in [5, 5.41) is 8.41. The average Bonchev–Trinajstić information content (AvgIpc) is 2.87. The molecule has 38 heavy (non-hydrogen) atoms. The van der Waals surface area contributed by atoms with E-state index in [2.05, 4.69) is 20.8 Å². The first kappa shape index (κ1) is 40.9. The van der Waals surface area contributed by atoms with Gasteiger partial charge in [-0.15, -0.1) is 0 Å². The first-order valence-electron chi connectivity index (χ1n) is 16.1. The summed E-state index contributed by atoms with van der Waals surface area (Å²) in [4.78, 5) is 30.9. The Morgan fingerprint density at radius 3 is 0.816 bits per heavy atom. The molecule has 0 atom stereocenters. The van der Waals surface area contributed by atoms with E-state index in [9.17, 15) is 14.4 Å². The first-order valence-corrected chi connectivity index (χ1v) is 16.1. The van der Waals surface area contributed by atoms with Crippen molar-refractivity contribution in [3.8, 4) is 0 Å². The van der Waals surface area contributed by atoms with Gasteiger partial charge in [0.2, 0.25) is 11.8 Å². The van der Waals surface area contributed by atoms with Gasteiger partial charge >= 0.3 is 5.97 Å². The maximum Gasteiger partial charge on any atom is 0.303 e. The highest BCUT2D eigenvalue weighted by Gasteiger charge is 1.97. The molecule has 0 rings (SSSR count). The third-order valence-electron chi connectivity index (χ3n) is 6.55. The summed E-state index contributed by atoms with van der Waals surface area (Å²) in [5.41, 5.74) is 10.0. The standard InChI is InChI=1S/C12H24O2.2C10H21NO/c1-2-3-4-5-6-7-8-9-10-11-12(13)14;2*1-2-3-4-5-6-7-8-9-10(11)12/h2-11H2,1H3,(H,13,14);2*2-9H2,1H3,(H2,11,12). The molecule has 0 radical (unpaired) electrons. The molecule has 0 bridgehead atoms. The Labute approximate surface area is 236 Å². The summed E-state index contributed by atoms with van der Waals surface area (Å²) in [7, 11) is 0. The van der Waals surface area contributed by atoms with E-state index in [-0.39, 0.29) is 11.8 Å². The molecule has 228 valence electrons. The minimum Gasteiger partial charge on any atom is -0.481 e. The molecular formula is C32H66N2O4. The number of aliphatic carboxylic acids is 1. The lowest BCUT2D eigenvalue weighted by Crippen LogP contribution is -2.09. The van der Waals surface area contributed by atoms with E-state index >= 15 is 0 Å². The zero-order valence-electron chi connectivity index (χ0n) is 25.7. The van der Waals surface area contributed by atoms with Crippen LogP contribution in [-0.4, -0.2) is 22.9 Å². The molecule has 0 fully saturated rings. The zero-order valence-corrected chi connectivity index (χ0v) is 25.7. The summed E-state index contributed by atoms with van der Waals surface area (Å²) in [6.45, 7) is 6.66. The molecule has 2 amide bonds. The molecule has 0 unspecified atom stereocenters. The molecule has 5 N–H and O–H groups in total. The van der Waals surface area contributed by atoms with Crippen LogP contribution in [0.4, 0.5) is 0 Å². The molecule has 0 aromatic rings. The van der Waals surface area contributed by atoms with Gasteiger partial charge < -0.3 is 16.6 Å². The van der Waals surface area contributed by atoms with E-state index in [1.807, 2.05) is 0 Å². The number of carboxylic acid groups (broad SMARTS) is 1. The van der Waals surface area contributed by atoms with Crippen molar-refractivity contribution in [1.29, 1.82) is 0 Å². The van der Waals surface area contributed by atoms with Gasteiger partial charge in [0.15, 0.2) is 0 Å². The number of carbonyl (C=O) groups excluding carboxylic acids is 2. The molecule has 6 heteroatoms. The maximum atomic E-state index is 10.4. The Morgan fingerprint density at radius 1 is 0.395 bits per heavy atom. The summed E-state index contributed by atoms with van der Waals surface area (Å²) in [6.07, 6.45) is 30.0. The molecule has 0 aliphatic carbocycles. The summed E-state index contributed by atoms with van der Waals surface area (Å²) in [6, 6.07) is 0. The Bertz CT molecular complexity index is 470. The zero-order chi connectivity index (χ0) is 29.1. The van der Waals surface area contributed by atoms with Crippen LogP contribution in [0.15, 0.2) is 0 Å². The quantitative estimate of drug-likeness (QED) is 0.0942. The van der Waals surface area contributed by atoms with Crippen molar-refractivity contribution in [1.82, 2.24) is 0 Å². The predicted octanol–water partition coefficient (Wildman–Crippen LogP) is 9.22. The van der Waals surface area contributed by atoms with Crippen LogP contribution in [-0.2, 0) is 14.4 Å². The molecular weight excluding hydrogens is 476 g/mol. The van der Waals surface area contributed by atoms with Gasteiger partial charge in [-0.1, -0.05) is 149 Å². The van der Waals surface area contributed by atoms with Crippen LogP contribution >= 0.6 is 0 Å². The number of carbonyl (C=O) groups is 3. The van der Waals surface area contributed by atoms with Crippen molar-refractivity contribution >= 4 is 17.8 Å². The summed E-state index contributed by atoms with van der Waals surface area (Å²) >= 11 is 0. The van der Waals surface area contributed by atoms with Gasteiger partial charge in [-0.3, -0.25) is 14.4 Å². The lowest BCUT2D eigenvalue weighted by Gasteiger charge is -2.00. The van der Waals surface area contributed by atoms with Crippen molar-refractivity contribution in [2.45, 2.75) is 188 Å². The van der Waals surface area contributed by atoms with Crippen LogP contribution in [0.1, 0.15) is 188 Å². The number of hydrogen-bond acceptors (Lipinski definition) is 3.